The first kappa shape index (κ1) is 15.2. The maximum Gasteiger partial charge on any atom is 0.300 e. The summed E-state index contributed by atoms with van der Waals surface area (Å²) >= 11 is 0. The molecule has 1 aliphatic heterocycles. The molecule has 1 atom stereocenters. The molecule has 1 N–H and O–H groups in total. The van der Waals surface area contributed by atoms with Crippen LogP contribution in [0, 0.1) is 10.1 Å². The van der Waals surface area contributed by atoms with Crippen molar-refractivity contribution in [3.63, 3.8) is 0 Å². The number of anilines is 1. The molecule has 2 heterocycles. The van der Waals surface area contributed by atoms with E-state index in [2.05, 4.69) is 15.2 Å². The summed E-state index contributed by atoms with van der Waals surface area (Å²) in [5, 5.41) is 13.9. The fourth-order valence-electron chi connectivity index (χ4n) is 2.30. The number of aromatic nitrogens is 1. The van der Waals surface area contributed by atoms with Crippen molar-refractivity contribution in [2.24, 2.45) is 0 Å². The second kappa shape index (κ2) is 6.04. The number of hydrogen-bond acceptors (Lipinski definition) is 6. The zero-order valence-electron chi connectivity index (χ0n) is 12.4. The number of piperazine rings is 1. The van der Waals surface area contributed by atoms with Crippen molar-refractivity contribution in [1.82, 2.24) is 14.8 Å². The fourth-order valence-corrected chi connectivity index (χ4v) is 2.30. The van der Waals surface area contributed by atoms with Crippen LogP contribution in [0.2, 0.25) is 0 Å². The molecule has 0 aromatic carbocycles. The summed E-state index contributed by atoms with van der Waals surface area (Å²) in [5.41, 5.74) is -0.179. The monoisotopic (exact) mass is 293 g/mol. The van der Waals surface area contributed by atoms with Gasteiger partial charge in [-0.1, -0.05) is 0 Å². The Morgan fingerprint density at radius 1 is 1.52 bits per heavy atom. The van der Waals surface area contributed by atoms with E-state index in [0.29, 0.717) is 18.9 Å². The van der Waals surface area contributed by atoms with Gasteiger partial charge in [0.15, 0.2) is 0 Å². The molecule has 1 unspecified atom stereocenters. The Balaban J connectivity index is 2.31. The summed E-state index contributed by atoms with van der Waals surface area (Å²) in [6, 6.07) is 1.66. The predicted octanol–water partition coefficient (Wildman–Crippen LogP) is 0.808. The zero-order chi connectivity index (χ0) is 15.6. The average molecular weight is 293 g/mol. The van der Waals surface area contributed by atoms with E-state index in [4.69, 9.17) is 0 Å². The lowest BCUT2D eigenvalue weighted by molar-refractivity contribution is -0.385. The number of carbonyl (C=O) groups is 1. The molecule has 0 saturated carbocycles. The average Bonchev–Trinajstić information content (AvgIpc) is 2.48. The molecule has 114 valence electrons. The number of nitrogens with zero attached hydrogens (tertiary/aromatic N) is 4. The van der Waals surface area contributed by atoms with Crippen molar-refractivity contribution in [2.75, 3.05) is 39.0 Å². The first-order valence-corrected chi connectivity index (χ1v) is 6.75. The Labute approximate surface area is 122 Å². The van der Waals surface area contributed by atoms with Gasteiger partial charge < -0.3 is 15.1 Å². The topological polar surface area (TPSA) is 91.6 Å². The molecule has 1 saturated heterocycles. The maximum absolute atomic E-state index is 12.6. The second-order valence-electron chi connectivity index (χ2n) is 5.17. The number of nitro groups is 1. The molecule has 8 heteroatoms. The third-order valence-electron chi connectivity index (χ3n) is 3.81. The molecule has 1 aromatic rings. The fraction of sp³-hybridized carbons (Fsp3) is 0.538. The third kappa shape index (κ3) is 3.10. The lowest BCUT2D eigenvalue weighted by Crippen LogP contribution is -2.52. The van der Waals surface area contributed by atoms with Gasteiger partial charge in [0.05, 0.1) is 4.92 Å². The molecule has 0 spiro atoms. The Kier molecular flexibility index (Phi) is 4.37. The Morgan fingerprint density at radius 3 is 2.81 bits per heavy atom. The highest BCUT2D eigenvalue weighted by atomic mass is 16.6. The second-order valence-corrected chi connectivity index (χ2v) is 5.17. The van der Waals surface area contributed by atoms with Crippen LogP contribution in [0.5, 0.6) is 0 Å². The summed E-state index contributed by atoms with van der Waals surface area (Å²) in [4.78, 5) is 30.8. The lowest BCUT2D eigenvalue weighted by atomic mass is 10.1. The van der Waals surface area contributed by atoms with Crippen LogP contribution in [0.15, 0.2) is 12.3 Å². The summed E-state index contributed by atoms with van der Waals surface area (Å²) in [6.45, 7) is 3.90. The standard InChI is InChI=1S/C13H19N5O3/c1-9-8-17(5-4-16(9)3)13(19)10-6-12(14-2)15-7-11(10)18(20)21/h6-7,9H,4-5,8H2,1-3H3,(H,14,15). The van der Waals surface area contributed by atoms with E-state index in [-0.39, 0.29) is 23.2 Å². The summed E-state index contributed by atoms with van der Waals surface area (Å²) in [7, 11) is 3.65. The molecule has 1 aliphatic rings. The third-order valence-corrected chi connectivity index (χ3v) is 3.81. The van der Waals surface area contributed by atoms with Gasteiger partial charge in [0, 0.05) is 38.8 Å². The van der Waals surface area contributed by atoms with Crippen molar-refractivity contribution in [3.8, 4) is 0 Å². The van der Waals surface area contributed by atoms with E-state index in [9.17, 15) is 14.9 Å². The number of rotatable bonds is 3. The lowest BCUT2D eigenvalue weighted by Gasteiger charge is -2.37. The van der Waals surface area contributed by atoms with Crippen molar-refractivity contribution >= 4 is 17.4 Å². The minimum absolute atomic E-state index is 0.0797. The minimum Gasteiger partial charge on any atom is -0.373 e. The molecular weight excluding hydrogens is 274 g/mol. The number of carbonyl (C=O) groups excluding carboxylic acids is 1. The molecular formula is C13H19N5O3. The van der Waals surface area contributed by atoms with Gasteiger partial charge in [0.25, 0.3) is 11.6 Å². The van der Waals surface area contributed by atoms with E-state index in [0.717, 1.165) is 12.7 Å². The molecule has 8 nitrogen and oxygen atoms in total. The molecule has 0 aliphatic carbocycles. The summed E-state index contributed by atoms with van der Waals surface area (Å²) < 4.78 is 0. The van der Waals surface area contributed by atoms with Gasteiger partial charge in [-0.2, -0.15) is 0 Å². The van der Waals surface area contributed by atoms with Gasteiger partial charge in [0.1, 0.15) is 17.6 Å². The van der Waals surface area contributed by atoms with Gasteiger partial charge in [0.2, 0.25) is 0 Å². The molecule has 1 amide bonds. The Bertz CT molecular complexity index is 563. The number of likely N-dealkylation sites (N-methyl/N-ethyl adjacent to an activating group) is 1. The zero-order valence-corrected chi connectivity index (χ0v) is 12.4. The van der Waals surface area contributed by atoms with Gasteiger partial charge >= 0.3 is 0 Å². The number of pyridine rings is 1. The predicted molar refractivity (Wildman–Crippen MR) is 78.4 cm³/mol. The van der Waals surface area contributed by atoms with Crippen LogP contribution in [-0.2, 0) is 0 Å². The first-order valence-electron chi connectivity index (χ1n) is 6.75. The van der Waals surface area contributed by atoms with E-state index < -0.39 is 4.92 Å². The highest BCUT2D eigenvalue weighted by Crippen LogP contribution is 2.23. The van der Waals surface area contributed by atoms with Crippen LogP contribution < -0.4 is 5.32 Å². The first-order chi connectivity index (χ1) is 9.93. The van der Waals surface area contributed by atoms with Crippen LogP contribution in [0.1, 0.15) is 17.3 Å². The van der Waals surface area contributed by atoms with E-state index in [1.165, 1.54) is 6.07 Å². The number of amides is 1. The van der Waals surface area contributed by atoms with Crippen LogP contribution in [0.4, 0.5) is 11.5 Å². The number of hydrogen-bond donors (Lipinski definition) is 1. The van der Waals surface area contributed by atoms with Crippen molar-refractivity contribution < 1.29 is 9.72 Å². The summed E-state index contributed by atoms with van der Waals surface area (Å²) in [5.74, 6) is 0.117. The maximum atomic E-state index is 12.6. The molecule has 2 rings (SSSR count). The quantitative estimate of drug-likeness (QED) is 0.655. The molecule has 21 heavy (non-hydrogen) atoms. The van der Waals surface area contributed by atoms with Crippen LogP contribution in [0.25, 0.3) is 0 Å². The molecule has 1 aromatic heterocycles. The molecule has 0 bridgehead atoms. The Hall–Kier alpha value is -2.22. The van der Waals surface area contributed by atoms with Gasteiger partial charge in [-0.3, -0.25) is 14.9 Å². The largest absolute Gasteiger partial charge is 0.373 e. The van der Waals surface area contributed by atoms with Gasteiger partial charge in [-0.05, 0) is 14.0 Å². The van der Waals surface area contributed by atoms with Crippen LogP contribution >= 0.6 is 0 Å². The molecule has 1 fully saturated rings. The highest BCUT2D eigenvalue weighted by molar-refractivity contribution is 5.98. The van der Waals surface area contributed by atoms with Crippen LogP contribution in [0.3, 0.4) is 0 Å². The van der Waals surface area contributed by atoms with E-state index in [1.807, 2.05) is 14.0 Å². The van der Waals surface area contributed by atoms with Gasteiger partial charge in [-0.15, -0.1) is 0 Å². The summed E-state index contributed by atoms with van der Waals surface area (Å²) in [6.07, 6.45) is 1.12. The molecule has 0 radical (unpaired) electrons. The normalized spacial score (nSPS) is 19.4. The smallest absolute Gasteiger partial charge is 0.300 e. The Morgan fingerprint density at radius 2 is 2.24 bits per heavy atom. The van der Waals surface area contributed by atoms with E-state index in [1.54, 1.807) is 11.9 Å². The van der Waals surface area contributed by atoms with E-state index >= 15 is 0 Å². The van der Waals surface area contributed by atoms with Crippen molar-refractivity contribution in [1.29, 1.82) is 0 Å². The number of nitrogens with one attached hydrogen (secondary N) is 1. The van der Waals surface area contributed by atoms with Crippen LogP contribution in [-0.4, -0.2) is 65.4 Å². The highest BCUT2D eigenvalue weighted by Gasteiger charge is 2.29. The van der Waals surface area contributed by atoms with Crippen molar-refractivity contribution in [2.45, 2.75) is 13.0 Å². The SMILES string of the molecule is CNc1cc(C(=O)N2CCN(C)C(C)C2)c([N+](=O)[O-])cn1. The van der Waals surface area contributed by atoms with Crippen molar-refractivity contribution in [3.05, 3.63) is 27.9 Å². The van der Waals surface area contributed by atoms with Gasteiger partial charge in [-0.25, -0.2) is 4.98 Å². The minimum atomic E-state index is -0.570.